The van der Waals surface area contributed by atoms with E-state index in [0.717, 1.165) is 36.0 Å². The van der Waals surface area contributed by atoms with Crippen LogP contribution >= 0.6 is 0 Å². The normalized spacial score (nSPS) is 17.0. The Kier molecular flexibility index (Phi) is 4.37. The van der Waals surface area contributed by atoms with E-state index in [1.165, 1.54) is 11.1 Å². The van der Waals surface area contributed by atoms with Gasteiger partial charge in [-0.3, -0.25) is 0 Å². The number of rotatable bonds is 3. The Morgan fingerprint density at radius 2 is 2.12 bits per heavy atom. The fourth-order valence-electron chi connectivity index (χ4n) is 3.61. The van der Waals surface area contributed by atoms with Crippen LogP contribution < -0.4 is 5.32 Å². The lowest BCUT2D eigenvalue weighted by molar-refractivity contribution is 0.186. The van der Waals surface area contributed by atoms with Crippen molar-refractivity contribution in [3.8, 4) is 11.1 Å². The van der Waals surface area contributed by atoms with Gasteiger partial charge in [0.1, 0.15) is 11.6 Å². The fourth-order valence-corrected chi connectivity index (χ4v) is 3.61. The van der Waals surface area contributed by atoms with Crippen molar-refractivity contribution >= 4 is 17.1 Å². The molecule has 26 heavy (non-hydrogen) atoms. The lowest BCUT2D eigenvalue weighted by Gasteiger charge is -2.22. The van der Waals surface area contributed by atoms with Crippen LogP contribution in [0.4, 0.5) is 4.79 Å². The van der Waals surface area contributed by atoms with Crippen molar-refractivity contribution < 1.29 is 9.21 Å². The number of fused-ring (bicyclic) bond motifs is 1. The Balaban J connectivity index is 1.66. The van der Waals surface area contributed by atoms with Crippen LogP contribution in [0.15, 0.2) is 46.9 Å². The Bertz CT molecular complexity index is 947. The van der Waals surface area contributed by atoms with Crippen molar-refractivity contribution in [1.29, 1.82) is 0 Å². The van der Waals surface area contributed by atoms with Gasteiger partial charge in [-0.2, -0.15) is 0 Å². The lowest BCUT2D eigenvalue weighted by atomic mass is 10.0. The number of nitrogens with zero attached hydrogens (tertiary/aromatic N) is 2. The summed E-state index contributed by atoms with van der Waals surface area (Å²) >= 11 is 0. The van der Waals surface area contributed by atoms with E-state index < -0.39 is 0 Å². The molecule has 2 aromatic carbocycles. The Hall–Kier alpha value is -2.82. The topological polar surface area (TPSA) is 58.4 Å². The number of oxazole rings is 1. The highest BCUT2D eigenvalue weighted by molar-refractivity contribution is 5.81. The molecular formula is C21H23N3O2. The van der Waals surface area contributed by atoms with E-state index in [4.69, 9.17) is 9.40 Å². The molecule has 0 bridgehead atoms. The molecule has 0 radical (unpaired) electrons. The molecule has 2 heterocycles. The third kappa shape index (κ3) is 3.05. The highest BCUT2D eigenvalue weighted by Crippen LogP contribution is 2.34. The standard InChI is InChI=1S/C21H23N3O2/c1-3-22-21(25)24-11-5-8-18(24)20-23-17-13-16(9-10-19(17)26-20)15-7-4-6-14(2)12-15/h4,6-7,9-10,12-13,18H,3,5,8,11H2,1-2H3,(H,22,25)/t18-/m1/s1. The maximum Gasteiger partial charge on any atom is 0.318 e. The van der Waals surface area contributed by atoms with Crippen molar-refractivity contribution in [2.75, 3.05) is 13.1 Å². The molecule has 0 aliphatic carbocycles. The number of carbonyl (C=O) groups is 1. The Morgan fingerprint density at radius 3 is 2.92 bits per heavy atom. The first kappa shape index (κ1) is 16.6. The van der Waals surface area contributed by atoms with Gasteiger partial charge in [0.15, 0.2) is 5.58 Å². The summed E-state index contributed by atoms with van der Waals surface area (Å²) in [7, 11) is 0. The molecule has 1 N–H and O–H groups in total. The zero-order valence-electron chi connectivity index (χ0n) is 15.2. The van der Waals surface area contributed by atoms with Crippen molar-refractivity contribution in [3.05, 3.63) is 53.9 Å². The number of amides is 2. The van der Waals surface area contributed by atoms with E-state index in [2.05, 4.69) is 48.6 Å². The largest absolute Gasteiger partial charge is 0.438 e. The van der Waals surface area contributed by atoms with Crippen molar-refractivity contribution in [3.63, 3.8) is 0 Å². The predicted octanol–water partition coefficient (Wildman–Crippen LogP) is 4.67. The van der Waals surface area contributed by atoms with Gasteiger partial charge in [0, 0.05) is 13.1 Å². The summed E-state index contributed by atoms with van der Waals surface area (Å²) in [5.74, 6) is 0.630. The van der Waals surface area contributed by atoms with Gasteiger partial charge in [-0.05, 0) is 49.9 Å². The van der Waals surface area contributed by atoms with E-state index in [-0.39, 0.29) is 12.1 Å². The number of benzene rings is 2. The minimum Gasteiger partial charge on any atom is -0.438 e. The molecule has 2 amide bonds. The highest BCUT2D eigenvalue weighted by Gasteiger charge is 2.33. The van der Waals surface area contributed by atoms with Crippen LogP contribution in [0.25, 0.3) is 22.2 Å². The summed E-state index contributed by atoms with van der Waals surface area (Å²) in [6.07, 6.45) is 1.85. The maximum absolute atomic E-state index is 12.3. The van der Waals surface area contributed by atoms with Crippen LogP contribution in [-0.2, 0) is 0 Å². The van der Waals surface area contributed by atoms with Crippen LogP contribution in [0.3, 0.4) is 0 Å². The van der Waals surface area contributed by atoms with E-state index in [1.54, 1.807) is 0 Å². The summed E-state index contributed by atoms with van der Waals surface area (Å²) in [6.45, 7) is 5.38. The van der Waals surface area contributed by atoms with E-state index in [1.807, 2.05) is 17.9 Å². The van der Waals surface area contributed by atoms with E-state index >= 15 is 0 Å². The van der Waals surface area contributed by atoms with Crippen molar-refractivity contribution in [2.45, 2.75) is 32.7 Å². The van der Waals surface area contributed by atoms with Gasteiger partial charge < -0.3 is 14.6 Å². The summed E-state index contributed by atoms with van der Waals surface area (Å²) in [4.78, 5) is 18.8. The Labute approximate surface area is 153 Å². The average molecular weight is 349 g/mol. The minimum absolute atomic E-state index is 0.0438. The second-order valence-corrected chi connectivity index (χ2v) is 6.79. The van der Waals surface area contributed by atoms with Gasteiger partial charge in [-0.25, -0.2) is 9.78 Å². The molecular weight excluding hydrogens is 326 g/mol. The second kappa shape index (κ2) is 6.83. The third-order valence-electron chi connectivity index (χ3n) is 4.88. The van der Waals surface area contributed by atoms with Crippen LogP contribution in [0.2, 0.25) is 0 Å². The number of likely N-dealkylation sites (tertiary alicyclic amines) is 1. The lowest BCUT2D eigenvalue weighted by Crippen LogP contribution is -2.39. The van der Waals surface area contributed by atoms with Crippen LogP contribution in [-0.4, -0.2) is 29.0 Å². The zero-order valence-corrected chi connectivity index (χ0v) is 15.2. The monoisotopic (exact) mass is 349 g/mol. The van der Waals surface area contributed by atoms with Crippen molar-refractivity contribution in [2.24, 2.45) is 0 Å². The summed E-state index contributed by atoms with van der Waals surface area (Å²) < 4.78 is 5.99. The Morgan fingerprint density at radius 1 is 1.27 bits per heavy atom. The summed E-state index contributed by atoms with van der Waals surface area (Å²) in [5, 5.41) is 2.87. The number of hydrogen-bond donors (Lipinski definition) is 1. The molecule has 134 valence electrons. The molecule has 0 unspecified atom stereocenters. The smallest absolute Gasteiger partial charge is 0.318 e. The molecule has 4 rings (SSSR count). The summed E-state index contributed by atoms with van der Waals surface area (Å²) in [6, 6.07) is 14.4. The first-order chi connectivity index (χ1) is 12.7. The number of nitrogens with one attached hydrogen (secondary N) is 1. The van der Waals surface area contributed by atoms with Gasteiger partial charge in [0.2, 0.25) is 5.89 Å². The first-order valence-electron chi connectivity index (χ1n) is 9.17. The molecule has 5 heteroatoms. The molecule has 1 aliphatic heterocycles. The second-order valence-electron chi connectivity index (χ2n) is 6.79. The number of aryl methyl sites for hydroxylation is 1. The van der Waals surface area contributed by atoms with Gasteiger partial charge in [0.05, 0.1) is 0 Å². The minimum atomic E-state index is -0.0867. The molecule has 1 aromatic heterocycles. The summed E-state index contributed by atoms with van der Waals surface area (Å²) in [5.41, 5.74) is 5.11. The molecule has 1 saturated heterocycles. The van der Waals surface area contributed by atoms with E-state index in [9.17, 15) is 4.79 Å². The molecule has 0 saturated carbocycles. The molecule has 1 atom stereocenters. The van der Waals surface area contributed by atoms with Crippen LogP contribution in [0.5, 0.6) is 0 Å². The molecule has 0 spiro atoms. The van der Waals surface area contributed by atoms with Crippen LogP contribution in [0.1, 0.15) is 37.3 Å². The van der Waals surface area contributed by atoms with Gasteiger partial charge in [-0.15, -0.1) is 0 Å². The van der Waals surface area contributed by atoms with E-state index in [0.29, 0.717) is 12.4 Å². The maximum atomic E-state index is 12.3. The number of carbonyl (C=O) groups excluding carboxylic acids is 1. The number of hydrogen-bond acceptors (Lipinski definition) is 3. The SMILES string of the molecule is CCNC(=O)N1CCC[C@@H]1c1nc2cc(-c3cccc(C)c3)ccc2o1. The van der Waals surface area contributed by atoms with Gasteiger partial charge in [0.25, 0.3) is 0 Å². The molecule has 3 aromatic rings. The molecule has 1 aliphatic rings. The number of urea groups is 1. The molecule has 1 fully saturated rings. The zero-order chi connectivity index (χ0) is 18.1. The third-order valence-corrected chi connectivity index (χ3v) is 4.88. The fraction of sp³-hybridized carbons (Fsp3) is 0.333. The number of aromatic nitrogens is 1. The first-order valence-corrected chi connectivity index (χ1v) is 9.17. The van der Waals surface area contributed by atoms with Crippen LogP contribution in [0, 0.1) is 6.92 Å². The predicted molar refractivity (Wildman–Crippen MR) is 102 cm³/mol. The average Bonchev–Trinajstić information content (AvgIpc) is 3.27. The highest BCUT2D eigenvalue weighted by atomic mass is 16.4. The quantitative estimate of drug-likeness (QED) is 0.747. The van der Waals surface area contributed by atoms with Gasteiger partial charge >= 0.3 is 6.03 Å². The van der Waals surface area contributed by atoms with Gasteiger partial charge in [-0.1, -0.05) is 35.9 Å². The molecule has 5 nitrogen and oxygen atoms in total. The van der Waals surface area contributed by atoms with Crippen molar-refractivity contribution in [1.82, 2.24) is 15.2 Å².